The highest BCUT2D eigenvalue weighted by atomic mass is 32.2. The van der Waals surface area contributed by atoms with Crippen molar-refractivity contribution in [2.24, 2.45) is 0 Å². The Balaban J connectivity index is 1.46. The molecule has 0 radical (unpaired) electrons. The quantitative estimate of drug-likeness (QED) is 0.738. The topological polar surface area (TPSA) is 92.2 Å². The van der Waals surface area contributed by atoms with Crippen LogP contribution in [-0.2, 0) is 16.4 Å². The molecule has 2 aromatic rings. The maximum absolute atomic E-state index is 12.0. The molecule has 0 aliphatic carbocycles. The average Bonchev–Trinajstić information content (AvgIpc) is 3.34. The van der Waals surface area contributed by atoms with Crippen LogP contribution in [0.2, 0.25) is 0 Å². The van der Waals surface area contributed by atoms with E-state index in [2.05, 4.69) is 24.4 Å². The van der Waals surface area contributed by atoms with E-state index in [1.807, 2.05) is 12.3 Å². The summed E-state index contributed by atoms with van der Waals surface area (Å²) in [7, 11) is -3.28. The number of hydrogen-bond acceptors (Lipinski definition) is 9. The lowest BCUT2D eigenvalue weighted by Crippen LogP contribution is -2.34. The third-order valence-corrected chi connectivity index (χ3v) is 7.74. The Kier molecular flexibility index (Phi) is 5.38. The van der Waals surface area contributed by atoms with Crippen molar-refractivity contribution >= 4 is 27.3 Å². The van der Waals surface area contributed by atoms with Crippen molar-refractivity contribution in [3.05, 3.63) is 23.7 Å². The monoisotopic (exact) mass is 408 g/mol. The molecule has 0 bridgehead atoms. The van der Waals surface area contributed by atoms with Gasteiger partial charge in [-0.3, -0.25) is 4.90 Å². The zero-order valence-corrected chi connectivity index (χ0v) is 17.0. The minimum atomic E-state index is -3.28. The molecule has 0 saturated carbocycles. The molecule has 2 aliphatic rings. The first-order valence-electron chi connectivity index (χ1n) is 9.32. The predicted octanol–water partition coefficient (Wildman–Crippen LogP) is 1.71. The Bertz CT molecular complexity index is 894. The van der Waals surface area contributed by atoms with Crippen molar-refractivity contribution in [1.29, 1.82) is 0 Å². The van der Waals surface area contributed by atoms with Crippen LogP contribution in [0.5, 0.6) is 0 Å². The lowest BCUT2D eigenvalue weighted by Gasteiger charge is -2.31. The van der Waals surface area contributed by atoms with Gasteiger partial charge in [-0.2, -0.15) is 0 Å². The molecule has 2 aromatic heterocycles. The normalized spacial score (nSPS) is 21.7. The summed E-state index contributed by atoms with van der Waals surface area (Å²) in [5.41, 5.74) is 1.64. The van der Waals surface area contributed by atoms with Crippen molar-refractivity contribution in [2.75, 3.05) is 37.3 Å². The number of hydrogen-bond donors (Lipinski definition) is 0. The number of nitrogens with zero attached hydrogens (tertiary/aromatic N) is 6. The number of piperidine rings is 1. The van der Waals surface area contributed by atoms with E-state index in [-0.39, 0.29) is 5.92 Å². The zero-order chi connectivity index (χ0) is 18.9. The first kappa shape index (κ1) is 18.7. The first-order valence-corrected chi connectivity index (χ1v) is 12.0. The standard InChI is InChI=1S/C17H24N6O2S2/c1-27(24,25)16-15(20-21-26-16)13-5-4-8-22(11-13)12-14-6-7-18-17(19-14)23-9-2-3-10-23/h6-7,13H,2-5,8-12H2,1H3/t13-/m1/s1. The van der Waals surface area contributed by atoms with E-state index in [1.54, 1.807) is 0 Å². The van der Waals surface area contributed by atoms with Crippen molar-refractivity contribution in [1.82, 2.24) is 24.5 Å². The van der Waals surface area contributed by atoms with Gasteiger partial charge >= 0.3 is 0 Å². The minimum absolute atomic E-state index is 0.0992. The van der Waals surface area contributed by atoms with Crippen LogP contribution in [0.4, 0.5) is 5.95 Å². The zero-order valence-electron chi connectivity index (χ0n) is 15.4. The second kappa shape index (κ2) is 7.76. The van der Waals surface area contributed by atoms with Gasteiger partial charge in [0.1, 0.15) is 0 Å². The molecule has 2 saturated heterocycles. The lowest BCUT2D eigenvalue weighted by atomic mass is 9.95. The molecule has 1 atom stereocenters. The molecule has 4 rings (SSSR count). The molecule has 27 heavy (non-hydrogen) atoms. The fourth-order valence-electron chi connectivity index (χ4n) is 3.89. The molecule has 0 aromatic carbocycles. The third kappa shape index (κ3) is 4.27. The summed E-state index contributed by atoms with van der Waals surface area (Å²) in [5.74, 6) is 0.920. The smallest absolute Gasteiger partial charge is 0.225 e. The Labute approximate surface area is 163 Å². The summed E-state index contributed by atoms with van der Waals surface area (Å²) in [4.78, 5) is 13.7. The molecule has 10 heteroatoms. The highest BCUT2D eigenvalue weighted by molar-refractivity contribution is 7.92. The van der Waals surface area contributed by atoms with Gasteiger partial charge in [0.25, 0.3) is 0 Å². The minimum Gasteiger partial charge on any atom is -0.341 e. The van der Waals surface area contributed by atoms with Crippen LogP contribution in [0, 0.1) is 0 Å². The maximum atomic E-state index is 12.0. The molecule has 8 nitrogen and oxygen atoms in total. The summed E-state index contributed by atoms with van der Waals surface area (Å²) in [5, 5.41) is 4.14. The van der Waals surface area contributed by atoms with Crippen LogP contribution >= 0.6 is 11.5 Å². The summed E-state index contributed by atoms with van der Waals surface area (Å²) < 4.78 is 28.2. The SMILES string of the molecule is CS(=O)(=O)c1snnc1[C@@H]1CCCN(Cc2ccnc(N3CCCC3)n2)C1. The molecule has 146 valence electrons. The number of sulfone groups is 1. The van der Waals surface area contributed by atoms with Gasteiger partial charge in [0, 0.05) is 56.1 Å². The highest BCUT2D eigenvalue weighted by Crippen LogP contribution is 2.32. The van der Waals surface area contributed by atoms with E-state index >= 15 is 0 Å². The second-order valence-corrected chi connectivity index (χ2v) is 10.3. The fraction of sp³-hybridized carbons (Fsp3) is 0.647. The van der Waals surface area contributed by atoms with Gasteiger partial charge in [-0.25, -0.2) is 18.4 Å². The van der Waals surface area contributed by atoms with Gasteiger partial charge in [-0.1, -0.05) is 4.49 Å². The third-order valence-electron chi connectivity index (χ3n) is 5.19. The van der Waals surface area contributed by atoms with Gasteiger partial charge in [0.2, 0.25) is 5.95 Å². The Morgan fingerprint density at radius 2 is 2.04 bits per heavy atom. The molecule has 0 spiro atoms. The summed E-state index contributed by atoms with van der Waals surface area (Å²) in [6.07, 6.45) is 7.41. The van der Waals surface area contributed by atoms with Crippen LogP contribution in [0.1, 0.15) is 43.0 Å². The van der Waals surface area contributed by atoms with Crippen molar-refractivity contribution in [2.45, 2.75) is 42.4 Å². The van der Waals surface area contributed by atoms with E-state index in [1.165, 1.54) is 19.1 Å². The van der Waals surface area contributed by atoms with Crippen LogP contribution in [0.3, 0.4) is 0 Å². The van der Waals surface area contributed by atoms with E-state index in [4.69, 9.17) is 4.98 Å². The van der Waals surface area contributed by atoms with Gasteiger partial charge in [0.05, 0.1) is 11.4 Å². The molecular weight excluding hydrogens is 384 g/mol. The molecule has 2 aliphatic heterocycles. The van der Waals surface area contributed by atoms with Gasteiger partial charge in [-0.05, 0) is 38.3 Å². The Hall–Kier alpha value is -1.65. The van der Waals surface area contributed by atoms with Crippen molar-refractivity contribution < 1.29 is 8.42 Å². The molecule has 0 N–H and O–H groups in total. The second-order valence-electron chi connectivity index (χ2n) is 7.33. The number of likely N-dealkylation sites (tertiary alicyclic amines) is 1. The summed E-state index contributed by atoms with van der Waals surface area (Å²) >= 11 is 0.978. The van der Waals surface area contributed by atoms with Crippen LogP contribution in [0.25, 0.3) is 0 Å². The van der Waals surface area contributed by atoms with E-state index < -0.39 is 9.84 Å². The van der Waals surface area contributed by atoms with Crippen molar-refractivity contribution in [3.63, 3.8) is 0 Å². The van der Waals surface area contributed by atoms with Crippen LogP contribution in [-0.4, -0.2) is 65.3 Å². The van der Waals surface area contributed by atoms with Gasteiger partial charge < -0.3 is 4.90 Å². The highest BCUT2D eigenvalue weighted by Gasteiger charge is 2.29. The molecule has 0 amide bonds. The van der Waals surface area contributed by atoms with Crippen LogP contribution in [0.15, 0.2) is 16.5 Å². The molecular formula is C17H24N6O2S2. The fourth-order valence-corrected chi connectivity index (χ4v) is 5.62. The Morgan fingerprint density at radius 3 is 2.81 bits per heavy atom. The van der Waals surface area contributed by atoms with Gasteiger partial charge in [-0.15, -0.1) is 5.10 Å². The Morgan fingerprint density at radius 1 is 1.22 bits per heavy atom. The predicted molar refractivity (Wildman–Crippen MR) is 104 cm³/mol. The van der Waals surface area contributed by atoms with E-state index in [0.717, 1.165) is 68.7 Å². The molecule has 2 fully saturated rings. The van der Waals surface area contributed by atoms with Crippen molar-refractivity contribution in [3.8, 4) is 0 Å². The number of rotatable bonds is 5. The van der Waals surface area contributed by atoms with E-state index in [9.17, 15) is 8.42 Å². The first-order chi connectivity index (χ1) is 13.0. The van der Waals surface area contributed by atoms with Crippen LogP contribution < -0.4 is 4.90 Å². The van der Waals surface area contributed by atoms with Gasteiger partial charge in [0.15, 0.2) is 14.0 Å². The summed E-state index contributed by atoms with van der Waals surface area (Å²) in [6.45, 7) is 4.55. The summed E-state index contributed by atoms with van der Waals surface area (Å²) in [6, 6.07) is 1.97. The number of anilines is 1. The largest absolute Gasteiger partial charge is 0.341 e. The molecule has 4 heterocycles. The lowest BCUT2D eigenvalue weighted by molar-refractivity contribution is 0.195. The average molecular weight is 409 g/mol. The molecule has 0 unspecified atom stereocenters. The maximum Gasteiger partial charge on any atom is 0.225 e. The van der Waals surface area contributed by atoms with E-state index in [0.29, 0.717) is 9.90 Å². The number of aromatic nitrogens is 4.